The molecule has 0 saturated carbocycles. The highest BCUT2D eigenvalue weighted by Gasteiger charge is 2.07. The third-order valence-electron chi connectivity index (χ3n) is 3.62. The van der Waals surface area contributed by atoms with Gasteiger partial charge in [-0.2, -0.15) is 14.6 Å². The Balaban J connectivity index is 2.00. The van der Waals surface area contributed by atoms with E-state index >= 15 is 0 Å². The van der Waals surface area contributed by atoms with Crippen molar-refractivity contribution in [2.45, 2.75) is 33.6 Å². The van der Waals surface area contributed by atoms with E-state index in [0.29, 0.717) is 5.78 Å². The van der Waals surface area contributed by atoms with E-state index in [1.807, 2.05) is 13.0 Å². The Morgan fingerprint density at radius 2 is 1.90 bits per heavy atom. The quantitative estimate of drug-likeness (QED) is 0.797. The molecule has 5 nitrogen and oxygen atoms in total. The van der Waals surface area contributed by atoms with Gasteiger partial charge in [0.25, 0.3) is 5.78 Å². The minimum atomic E-state index is 0.610. The average Bonchev–Trinajstić information content (AvgIpc) is 2.95. The van der Waals surface area contributed by atoms with Gasteiger partial charge >= 0.3 is 0 Å². The lowest BCUT2D eigenvalue weighted by Gasteiger charge is -2.12. The molecular weight excluding hydrogens is 262 g/mol. The van der Waals surface area contributed by atoms with Gasteiger partial charge in [-0.15, -0.1) is 0 Å². The molecule has 1 aromatic carbocycles. The molecule has 5 heteroatoms. The van der Waals surface area contributed by atoms with Crippen molar-refractivity contribution in [2.75, 3.05) is 5.32 Å². The van der Waals surface area contributed by atoms with E-state index in [2.05, 4.69) is 52.4 Å². The summed E-state index contributed by atoms with van der Waals surface area (Å²) in [5.74, 6) is 1.49. The van der Waals surface area contributed by atoms with Gasteiger partial charge in [0.1, 0.15) is 12.1 Å². The fourth-order valence-corrected chi connectivity index (χ4v) is 2.55. The molecule has 0 fully saturated rings. The standard InChI is InChI=1S/C16H19N5/c1-4-12-6-7-14(9-13(12)5-2)20-15-8-11(3)19-16-17-10-18-21(15)16/h6-10,20H,4-5H2,1-3H3. The Bertz CT molecular complexity index is 775. The van der Waals surface area contributed by atoms with Crippen LogP contribution < -0.4 is 5.32 Å². The molecule has 3 aromatic rings. The molecule has 0 spiro atoms. The summed E-state index contributed by atoms with van der Waals surface area (Å²) >= 11 is 0. The number of fused-ring (bicyclic) bond motifs is 1. The lowest BCUT2D eigenvalue weighted by Crippen LogP contribution is -2.03. The molecule has 21 heavy (non-hydrogen) atoms. The van der Waals surface area contributed by atoms with Crippen molar-refractivity contribution >= 4 is 17.3 Å². The van der Waals surface area contributed by atoms with Gasteiger partial charge in [-0.05, 0) is 43.0 Å². The van der Waals surface area contributed by atoms with E-state index in [-0.39, 0.29) is 0 Å². The zero-order chi connectivity index (χ0) is 14.8. The summed E-state index contributed by atoms with van der Waals surface area (Å²) in [7, 11) is 0. The molecule has 0 bridgehead atoms. The zero-order valence-corrected chi connectivity index (χ0v) is 12.6. The van der Waals surface area contributed by atoms with E-state index in [1.165, 1.54) is 17.5 Å². The van der Waals surface area contributed by atoms with Crippen LogP contribution in [0.1, 0.15) is 30.7 Å². The molecule has 108 valence electrons. The summed E-state index contributed by atoms with van der Waals surface area (Å²) < 4.78 is 1.71. The molecule has 0 aliphatic heterocycles. The van der Waals surface area contributed by atoms with Crippen LogP contribution in [0.3, 0.4) is 0 Å². The van der Waals surface area contributed by atoms with Crippen LogP contribution >= 0.6 is 0 Å². The monoisotopic (exact) mass is 281 g/mol. The van der Waals surface area contributed by atoms with E-state index in [1.54, 1.807) is 4.52 Å². The first-order valence-corrected chi connectivity index (χ1v) is 7.27. The molecule has 0 radical (unpaired) electrons. The van der Waals surface area contributed by atoms with Gasteiger partial charge in [0.05, 0.1) is 0 Å². The highest BCUT2D eigenvalue weighted by molar-refractivity contribution is 5.60. The Labute approximate surface area is 124 Å². The summed E-state index contributed by atoms with van der Waals surface area (Å²) in [6, 6.07) is 8.47. The molecule has 2 heterocycles. The summed E-state index contributed by atoms with van der Waals surface area (Å²) in [5.41, 5.74) is 4.76. The van der Waals surface area contributed by atoms with Crippen LogP contribution in [0.15, 0.2) is 30.6 Å². The maximum atomic E-state index is 4.35. The second kappa shape index (κ2) is 5.52. The van der Waals surface area contributed by atoms with Gasteiger partial charge in [-0.25, -0.2) is 4.98 Å². The summed E-state index contributed by atoms with van der Waals surface area (Å²) in [4.78, 5) is 8.49. The topological polar surface area (TPSA) is 55.1 Å². The maximum Gasteiger partial charge on any atom is 0.254 e. The highest BCUT2D eigenvalue weighted by atomic mass is 15.3. The number of aryl methyl sites for hydroxylation is 3. The zero-order valence-electron chi connectivity index (χ0n) is 12.6. The van der Waals surface area contributed by atoms with Crippen LogP contribution in [0.5, 0.6) is 0 Å². The van der Waals surface area contributed by atoms with Crippen LogP contribution in [0.4, 0.5) is 11.5 Å². The van der Waals surface area contributed by atoms with Crippen molar-refractivity contribution in [3.63, 3.8) is 0 Å². The largest absolute Gasteiger partial charge is 0.340 e. The number of anilines is 2. The van der Waals surface area contributed by atoms with Gasteiger partial charge in [-0.3, -0.25) is 0 Å². The number of rotatable bonds is 4. The van der Waals surface area contributed by atoms with E-state index < -0.39 is 0 Å². The summed E-state index contributed by atoms with van der Waals surface area (Å²) in [6.45, 7) is 6.33. The normalized spacial score (nSPS) is 11.0. The lowest BCUT2D eigenvalue weighted by molar-refractivity contribution is 0.936. The number of hydrogen-bond acceptors (Lipinski definition) is 4. The Morgan fingerprint density at radius 1 is 1.10 bits per heavy atom. The second-order valence-electron chi connectivity index (χ2n) is 5.07. The van der Waals surface area contributed by atoms with Gasteiger partial charge in [0, 0.05) is 17.4 Å². The van der Waals surface area contributed by atoms with E-state index in [0.717, 1.165) is 30.0 Å². The molecular formula is C16H19N5. The molecule has 0 amide bonds. The Hall–Kier alpha value is -2.43. The highest BCUT2D eigenvalue weighted by Crippen LogP contribution is 2.21. The van der Waals surface area contributed by atoms with Crippen LogP contribution in [0, 0.1) is 6.92 Å². The first kappa shape index (κ1) is 13.5. The van der Waals surface area contributed by atoms with Gasteiger partial charge in [0.2, 0.25) is 0 Å². The van der Waals surface area contributed by atoms with Crippen molar-refractivity contribution in [1.29, 1.82) is 0 Å². The Kier molecular flexibility index (Phi) is 3.56. The van der Waals surface area contributed by atoms with Crippen LogP contribution in [-0.2, 0) is 12.8 Å². The molecule has 0 aliphatic carbocycles. The maximum absolute atomic E-state index is 4.35. The lowest BCUT2D eigenvalue weighted by atomic mass is 10.0. The third-order valence-corrected chi connectivity index (χ3v) is 3.62. The van der Waals surface area contributed by atoms with Crippen LogP contribution in [-0.4, -0.2) is 19.6 Å². The molecule has 0 aliphatic rings. The molecule has 1 N–H and O–H groups in total. The van der Waals surface area contributed by atoms with Gasteiger partial charge in [0.15, 0.2) is 0 Å². The fraction of sp³-hybridized carbons (Fsp3) is 0.312. The predicted octanol–water partition coefficient (Wildman–Crippen LogP) is 3.30. The molecule has 3 rings (SSSR count). The number of nitrogens with one attached hydrogen (secondary N) is 1. The third kappa shape index (κ3) is 2.59. The van der Waals surface area contributed by atoms with Crippen molar-refractivity contribution < 1.29 is 0 Å². The first-order chi connectivity index (χ1) is 10.2. The van der Waals surface area contributed by atoms with Gasteiger partial charge < -0.3 is 5.32 Å². The van der Waals surface area contributed by atoms with Crippen molar-refractivity contribution in [3.05, 3.63) is 47.4 Å². The van der Waals surface area contributed by atoms with E-state index in [4.69, 9.17) is 0 Å². The summed E-state index contributed by atoms with van der Waals surface area (Å²) in [5, 5.41) is 7.63. The predicted molar refractivity (Wildman–Crippen MR) is 84.0 cm³/mol. The molecule has 0 saturated heterocycles. The average molecular weight is 281 g/mol. The van der Waals surface area contributed by atoms with Gasteiger partial charge in [-0.1, -0.05) is 19.9 Å². The Morgan fingerprint density at radius 3 is 2.67 bits per heavy atom. The van der Waals surface area contributed by atoms with E-state index in [9.17, 15) is 0 Å². The molecule has 0 unspecified atom stereocenters. The smallest absolute Gasteiger partial charge is 0.254 e. The number of aromatic nitrogens is 4. The first-order valence-electron chi connectivity index (χ1n) is 7.27. The van der Waals surface area contributed by atoms with Crippen LogP contribution in [0.25, 0.3) is 5.78 Å². The summed E-state index contributed by atoms with van der Waals surface area (Å²) in [6.07, 6.45) is 3.61. The molecule has 2 aromatic heterocycles. The fourth-order valence-electron chi connectivity index (χ4n) is 2.55. The number of benzene rings is 1. The SMILES string of the molecule is CCc1ccc(Nc2cc(C)nc3ncnn23)cc1CC. The van der Waals surface area contributed by atoms with Crippen LogP contribution in [0.2, 0.25) is 0 Å². The minimum Gasteiger partial charge on any atom is -0.340 e. The van der Waals surface area contributed by atoms with Crippen molar-refractivity contribution in [1.82, 2.24) is 19.6 Å². The second-order valence-corrected chi connectivity index (χ2v) is 5.07. The minimum absolute atomic E-state index is 0.610. The van der Waals surface area contributed by atoms with Crippen molar-refractivity contribution in [2.24, 2.45) is 0 Å². The number of nitrogens with zero attached hydrogens (tertiary/aromatic N) is 4. The molecule has 0 atom stereocenters. The van der Waals surface area contributed by atoms with Crippen molar-refractivity contribution in [3.8, 4) is 0 Å². The number of hydrogen-bond donors (Lipinski definition) is 1.